The monoisotopic (exact) mass is 328 g/mol. The number of nitrogens with one attached hydrogen (secondary N) is 2. The number of aromatic amines is 1. The van der Waals surface area contributed by atoms with Gasteiger partial charge in [-0.3, -0.25) is 9.89 Å². The first-order chi connectivity index (χ1) is 11.1. The number of carbonyl (C=O) groups excluding carboxylic acids is 1. The molecule has 0 spiro atoms. The Morgan fingerprint density at radius 1 is 1.30 bits per heavy atom. The number of rotatable bonds is 5. The lowest BCUT2D eigenvalue weighted by molar-refractivity contribution is -0.113. The van der Waals surface area contributed by atoms with Crippen molar-refractivity contribution in [1.29, 1.82) is 0 Å². The molecule has 0 aliphatic carbocycles. The Balaban J connectivity index is 1.59. The van der Waals surface area contributed by atoms with Gasteiger partial charge in [-0.05, 0) is 13.8 Å². The van der Waals surface area contributed by atoms with E-state index in [1.54, 1.807) is 6.20 Å². The molecule has 0 aliphatic rings. The Bertz CT molecular complexity index is 791. The molecule has 0 unspecified atom stereocenters. The standard InChI is InChI=1S/C16H16N4O2S/c1-10-15(11(2)20-19-10)18-14(21)9-23-16-17-8-13(22-16)12-6-4-3-5-7-12/h3-8H,9H2,1-2H3,(H,18,21)(H,19,20). The number of oxazole rings is 1. The molecule has 1 aromatic carbocycles. The molecular weight excluding hydrogens is 312 g/mol. The number of hydrogen-bond donors (Lipinski definition) is 2. The molecule has 118 valence electrons. The fourth-order valence-corrected chi connectivity index (χ4v) is 2.70. The lowest BCUT2D eigenvalue weighted by atomic mass is 10.2. The number of amides is 1. The van der Waals surface area contributed by atoms with Crippen LogP contribution in [0.2, 0.25) is 0 Å². The Kier molecular flexibility index (Phi) is 4.47. The van der Waals surface area contributed by atoms with Gasteiger partial charge in [0.15, 0.2) is 5.76 Å². The molecule has 2 N–H and O–H groups in total. The largest absolute Gasteiger partial charge is 0.431 e. The van der Waals surface area contributed by atoms with E-state index < -0.39 is 0 Å². The van der Waals surface area contributed by atoms with E-state index in [1.807, 2.05) is 44.2 Å². The van der Waals surface area contributed by atoms with E-state index in [-0.39, 0.29) is 11.7 Å². The molecule has 3 rings (SSSR count). The summed E-state index contributed by atoms with van der Waals surface area (Å²) in [5, 5.41) is 10.2. The van der Waals surface area contributed by atoms with Crippen molar-refractivity contribution in [3.8, 4) is 11.3 Å². The number of aryl methyl sites for hydroxylation is 2. The maximum Gasteiger partial charge on any atom is 0.256 e. The lowest BCUT2D eigenvalue weighted by Crippen LogP contribution is -2.15. The normalized spacial score (nSPS) is 10.7. The third-order valence-electron chi connectivity index (χ3n) is 3.26. The zero-order valence-electron chi connectivity index (χ0n) is 12.8. The van der Waals surface area contributed by atoms with Gasteiger partial charge in [-0.2, -0.15) is 5.10 Å². The summed E-state index contributed by atoms with van der Waals surface area (Å²) < 4.78 is 5.66. The van der Waals surface area contributed by atoms with E-state index in [9.17, 15) is 4.79 Å². The van der Waals surface area contributed by atoms with Crippen LogP contribution in [-0.4, -0.2) is 26.8 Å². The molecule has 1 amide bonds. The van der Waals surface area contributed by atoms with Gasteiger partial charge in [0.1, 0.15) is 0 Å². The number of hydrogen-bond acceptors (Lipinski definition) is 5. The Morgan fingerprint density at radius 3 is 2.78 bits per heavy atom. The van der Waals surface area contributed by atoms with Crippen molar-refractivity contribution < 1.29 is 9.21 Å². The molecule has 0 saturated carbocycles. The van der Waals surface area contributed by atoms with Crippen LogP contribution in [-0.2, 0) is 4.79 Å². The third-order valence-corrected chi connectivity index (χ3v) is 4.10. The minimum Gasteiger partial charge on any atom is -0.431 e. The molecule has 2 aromatic heterocycles. The predicted octanol–water partition coefficient (Wildman–Crippen LogP) is 3.41. The summed E-state index contributed by atoms with van der Waals surface area (Å²) in [6.45, 7) is 3.70. The van der Waals surface area contributed by atoms with Crippen LogP contribution in [0.15, 0.2) is 46.2 Å². The second-order valence-electron chi connectivity index (χ2n) is 5.00. The predicted molar refractivity (Wildman–Crippen MR) is 89.4 cm³/mol. The molecule has 0 fully saturated rings. The molecule has 23 heavy (non-hydrogen) atoms. The average Bonchev–Trinajstić information content (AvgIpc) is 3.16. The van der Waals surface area contributed by atoms with Gasteiger partial charge in [0, 0.05) is 5.56 Å². The van der Waals surface area contributed by atoms with Crippen LogP contribution >= 0.6 is 11.8 Å². The molecule has 0 aliphatic heterocycles. The highest BCUT2D eigenvalue weighted by molar-refractivity contribution is 7.99. The molecule has 6 nitrogen and oxygen atoms in total. The van der Waals surface area contributed by atoms with Gasteiger partial charge in [-0.25, -0.2) is 4.98 Å². The molecule has 0 atom stereocenters. The van der Waals surface area contributed by atoms with Gasteiger partial charge < -0.3 is 9.73 Å². The topological polar surface area (TPSA) is 83.8 Å². The number of anilines is 1. The fourth-order valence-electron chi connectivity index (χ4n) is 2.10. The maximum atomic E-state index is 12.0. The van der Waals surface area contributed by atoms with Gasteiger partial charge in [-0.15, -0.1) is 0 Å². The van der Waals surface area contributed by atoms with Crippen LogP contribution in [0.25, 0.3) is 11.3 Å². The minimum atomic E-state index is -0.123. The first kappa shape index (κ1) is 15.4. The number of thioether (sulfide) groups is 1. The van der Waals surface area contributed by atoms with Gasteiger partial charge >= 0.3 is 0 Å². The quantitative estimate of drug-likeness (QED) is 0.701. The van der Waals surface area contributed by atoms with Crippen LogP contribution in [0.1, 0.15) is 11.4 Å². The van der Waals surface area contributed by atoms with Crippen molar-refractivity contribution in [2.45, 2.75) is 19.1 Å². The number of aromatic nitrogens is 3. The maximum absolute atomic E-state index is 12.0. The minimum absolute atomic E-state index is 0.123. The number of benzene rings is 1. The van der Waals surface area contributed by atoms with E-state index in [0.717, 1.165) is 22.6 Å². The van der Waals surface area contributed by atoms with Gasteiger partial charge in [0.25, 0.3) is 5.22 Å². The Morgan fingerprint density at radius 2 is 2.09 bits per heavy atom. The number of carbonyl (C=O) groups is 1. The smallest absolute Gasteiger partial charge is 0.256 e. The van der Waals surface area contributed by atoms with Crippen molar-refractivity contribution >= 4 is 23.4 Å². The summed E-state index contributed by atoms with van der Waals surface area (Å²) >= 11 is 1.26. The number of H-pyrrole nitrogens is 1. The van der Waals surface area contributed by atoms with E-state index in [1.165, 1.54) is 11.8 Å². The van der Waals surface area contributed by atoms with Crippen molar-refractivity contribution in [1.82, 2.24) is 15.2 Å². The zero-order chi connectivity index (χ0) is 16.2. The fraction of sp³-hybridized carbons (Fsp3) is 0.188. The van der Waals surface area contributed by atoms with Gasteiger partial charge in [-0.1, -0.05) is 42.1 Å². The summed E-state index contributed by atoms with van der Waals surface area (Å²) in [6.07, 6.45) is 1.67. The van der Waals surface area contributed by atoms with Crippen molar-refractivity contribution in [2.75, 3.05) is 11.1 Å². The highest BCUT2D eigenvalue weighted by Crippen LogP contribution is 2.25. The SMILES string of the molecule is Cc1n[nH]c(C)c1NC(=O)CSc1ncc(-c2ccccc2)o1. The number of nitrogens with zero attached hydrogens (tertiary/aromatic N) is 2. The van der Waals surface area contributed by atoms with E-state index >= 15 is 0 Å². The van der Waals surface area contributed by atoms with Crippen molar-refractivity contribution in [3.63, 3.8) is 0 Å². The van der Waals surface area contributed by atoms with Gasteiger partial charge in [0.05, 0.1) is 29.0 Å². The highest BCUT2D eigenvalue weighted by atomic mass is 32.2. The Hall–Kier alpha value is -2.54. The summed E-state index contributed by atoms with van der Waals surface area (Å²) in [4.78, 5) is 16.2. The van der Waals surface area contributed by atoms with E-state index in [2.05, 4.69) is 20.5 Å². The summed E-state index contributed by atoms with van der Waals surface area (Å²) in [5.41, 5.74) is 3.29. The van der Waals surface area contributed by atoms with Crippen LogP contribution in [0.5, 0.6) is 0 Å². The lowest BCUT2D eigenvalue weighted by Gasteiger charge is -2.03. The van der Waals surface area contributed by atoms with Crippen LogP contribution in [0.4, 0.5) is 5.69 Å². The second-order valence-corrected chi connectivity index (χ2v) is 5.93. The molecule has 2 heterocycles. The van der Waals surface area contributed by atoms with Gasteiger partial charge in [0.2, 0.25) is 5.91 Å². The zero-order valence-corrected chi connectivity index (χ0v) is 13.6. The average molecular weight is 328 g/mol. The van der Waals surface area contributed by atoms with E-state index in [0.29, 0.717) is 11.0 Å². The van der Waals surface area contributed by atoms with Crippen LogP contribution < -0.4 is 5.32 Å². The van der Waals surface area contributed by atoms with Crippen molar-refractivity contribution in [2.24, 2.45) is 0 Å². The molecule has 0 bridgehead atoms. The summed E-state index contributed by atoms with van der Waals surface area (Å²) in [6, 6.07) is 9.72. The highest BCUT2D eigenvalue weighted by Gasteiger charge is 2.12. The second kappa shape index (κ2) is 6.70. The first-order valence-electron chi connectivity index (χ1n) is 7.09. The third kappa shape index (κ3) is 3.62. The molecule has 7 heteroatoms. The molecule has 0 radical (unpaired) electrons. The van der Waals surface area contributed by atoms with E-state index in [4.69, 9.17) is 4.42 Å². The van der Waals surface area contributed by atoms with Crippen molar-refractivity contribution in [3.05, 3.63) is 47.9 Å². The summed E-state index contributed by atoms with van der Waals surface area (Å²) in [7, 11) is 0. The molecule has 0 saturated heterocycles. The molecular formula is C16H16N4O2S. The summed E-state index contributed by atoms with van der Waals surface area (Å²) in [5.74, 6) is 0.788. The Labute approximate surface area is 137 Å². The molecule has 3 aromatic rings. The van der Waals surface area contributed by atoms with Crippen LogP contribution in [0.3, 0.4) is 0 Å². The first-order valence-corrected chi connectivity index (χ1v) is 8.07. The van der Waals surface area contributed by atoms with Crippen LogP contribution in [0, 0.1) is 13.8 Å².